The van der Waals surface area contributed by atoms with E-state index in [0.717, 1.165) is 18.8 Å². The number of hydrogen-bond donors (Lipinski definition) is 1. The van der Waals surface area contributed by atoms with E-state index in [1.165, 1.54) is 26.4 Å². The van der Waals surface area contributed by atoms with Crippen molar-refractivity contribution in [1.29, 1.82) is 0 Å². The zero-order valence-corrected chi connectivity index (χ0v) is 11.1. The zero-order chi connectivity index (χ0) is 13.1. The molecule has 18 heavy (non-hydrogen) atoms. The van der Waals surface area contributed by atoms with E-state index in [2.05, 4.69) is 16.6 Å². The molecule has 0 amide bonds. The van der Waals surface area contributed by atoms with Gasteiger partial charge < -0.3 is 15.0 Å². The van der Waals surface area contributed by atoms with Crippen molar-refractivity contribution in [2.24, 2.45) is 5.92 Å². The Balaban J connectivity index is 2.18. The monoisotopic (exact) mass is 251 g/mol. The molecule has 2 atom stereocenters. The number of nitrogens with two attached hydrogens (primary N) is 1. The third-order valence-electron chi connectivity index (χ3n) is 3.83. The molecule has 0 aromatic carbocycles. The second-order valence-electron chi connectivity index (χ2n) is 5.14. The van der Waals surface area contributed by atoms with Crippen LogP contribution in [0.2, 0.25) is 0 Å². The Morgan fingerprint density at radius 2 is 2.22 bits per heavy atom. The molecule has 1 saturated carbocycles. The first kappa shape index (κ1) is 12.9. The largest absolute Gasteiger partial charge is 0.464 e. The molecule has 0 radical (unpaired) electrons. The van der Waals surface area contributed by atoms with E-state index < -0.39 is 5.97 Å². The average Bonchev–Trinajstić information content (AvgIpc) is 2.61. The highest BCUT2D eigenvalue weighted by Crippen LogP contribution is 2.32. The lowest BCUT2D eigenvalue weighted by Crippen LogP contribution is -2.12. The number of anilines is 1. The molecule has 5 nitrogen and oxygen atoms in total. The molecule has 1 aromatic heterocycles. The summed E-state index contributed by atoms with van der Waals surface area (Å²) in [5.74, 6) is 0.745. The Morgan fingerprint density at radius 1 is 1.44 bits per heavy atom. The van der Waals surface area contributed by atoms with Crippen molar-refractivity contribution in [3.63, 3.8) is 0 Å². The topological polar surface area (TPSA) is 70.1 Å². The van der Waals surface area contributed by atoms with E-state index in [0.29, 0.717) is 11.9 Å². The summed E-state index contributed by atoms with van der Waals surface area (Å²) in [4.78, 5) is 15.5. The summed E-state index contributed by atoms with van der Waals surface area (Å²) in [6, 6.07) is 0.362. The minimum atomic E-state index is -0.465. The number of aromatic nitrogens is 2. The van der Waals surface area contributed by atoms with Gasteiger partial charge in [0.2, 0.25) is 0 Å². The fraction of sp³-hybridized carbons (Fsp3) is 0.692. The Hall–Kier alpha value is -1.52. The van der Waals surface area contributed by atoms with E-state index in [1.807, 2.05) is 4.57 Å². The van der Waals surface area contributed by atoms with Crippen LogP contribution in [-0.2, 0) is 4.74 Å². The van der Waals surface area contributed by atoms with Gasteiger partial charge in [-0.3, -0.25) is 0 Å². The van der Waals surface area contributed by atoms with E-state index in [1.54, 1.807) is 6.33 Å². The van der Waals surface area contributed by atoms with Gasteiger partial charge in [-0.1, -0.05) is 19.8 Å². The highest BCUT2D eigenvalue weighted by Gasteiger charge is 2.23. The number of carbonyl (C=O) groups is 1. The minimum Gasteiger partial charge on any atom is -0.464 e. The number of ether oxygens (including phenoxy) is 1. The number of hydrogen-bond acceptors (Lipinski definition) is 4. The van der Waals surface area contributed by atoms with Crippen LogP contribution in [0.1, 0.15) is 55.6 Å². The lowest BCUT2D eigenvalue weighted by atomic mass is 10.0. The quantitative estimate of drug-likeness (QED) is 0.647. The van der Waals surface area contributed by atoms with Gasteiger partial charge in [0.05, 0.1) is 13.4 Å². The second-order valence-corrected chi connectivity index (χ2v) is 5.14. The smallest absolute Gasteiger partial charge is 0.360 e. The standard InChI is InChI=1S/C13H21N3O2/c1-9-4-3-5-10(7-6-9)16-8-15-11(12(16)14)13(17)18-2/h8-10H,3-7,14H2,1-2H3. The summed E-state index contributed by atoms with van der Waals surface area (Å²) < 4.78 is 6.60. The SMILES string of the molecule is COC(=O)c1ncn(C2CCCC(C)CC2)c1N. The van der Waals surface area contributed by atoms with Gasteiger partial charge in [0.1, 0.15) is 5.82 Å². The van der Waals surface area contributed by atoms with Crippen LogP contribution in [0.15, 0.2) is 6.33 Å². The number of rotatable bonds is 2. The molecule has 1 aliphatic rings. The van der Waals surface area contributed by atoms with Gasteiger partial charge in [-0.25, -0.2) is 9.78 Å². The van der Waals surface area contributed by atoms with E-state index in [-0.39, 0.29) is 5.69 Å². The summed E-state index contributed by atoms with van der Waals surface area (Å²) in [5, 5.41) is 0. The number of methoxy groups -OCH3 is 1. The second kappa shape index (κ2) is 5.42. The molecular formula is C13H21N3O2. The Bertz CT molecular complexity index is 428. The molecule has 2 unspecified atom stereocenters. The first-order valence-electron chi connectivity index (χ1n) is 6.54. The van der Waals surface area contributed by atoms with Crippen molar-refractivity contribution < 1.29 is 9.53 Å². The maximum atomic E-state index is 11.5. The fourth-order valence-corrected chi connectivity index (χ4v) is 2.66. The van der Waals surface area contributed by atoms with Gasteiger partial charge in [0.15, 0.2) is 5.69 Å². The lowest BCUT2D eigenvalue weighted by molar-refractivity contribution is 0.0596. The van der Waals surface area contributed by atoms with Crippen LogP contribution in [-0.4, -0.2) is 22.6 Å². The van der Waals surface area contributed by atoms with Crippen LogP contribution in [0.3, 0.4) is 0 Å². The Labute approximate surface area is 107 Å². The summed E-state index contributed by atoms with van der Waals surface area (Å²) in [7, 11) is 1.34. The highest BCUT2D eigenvalue weighted by atomic mass is 16.5. The zero-order valence-electron chi connectivity index (χ0n) is 11.1. The molecule has 0 saturated heterocycles. The summed E-state index contributed by atoms with van der Waals surface area (Å²) in [6.07, 6.45) is 7.55. The van der Waals surface area contributed by atoms with Gasteiger partial charge in [0, 0.05) is 6.04 Å². The van der Waals surface area contributed by atoms with Crippen LogP contribution >= 0.6 is 0 Å². The van der Waals surface area contributed by atoms with Gasteiger partial charge in [-0.05, 0) is 25.2 Å². The van der Waals surface area contributed by atoms with Crippen molar-refractivity contribution in [2.75, 3.05) is 12.8 Å². The van der Waals surface area contributed by atoms with E-state index in [4.69, 9.17) is 5.73 Å². The molecule has 5 heteroatoms. The molecule has 1 aliphatic carbocycles. The van der Waals surface area contributed by atoms with Crippen molar-refractivity contribution in [3.8, 4) is 0 Å². The number of nitrogen functional groups attached to an aromatic ring is 1. The first-order chi connectivity index (χ1) is 8.63. The van der Waals surface area contributed by atoms with Gasteiger partial charge in [0.25, 0.3) is 0 Å². The number of nitrogens with zero attached hydrogens (tertiary/aromatic N) is 2. The molecule has 1 heterocycles. The lowest BCUT2D eigenvalue weighted by Gasteiger charge is -2.17. The maximum absolute atomic E-state index is 11.5. The van der Waals surface area contributed by atoms with Crippen LogP contribution in [0.4, 0.5) is 5.82 Å². The molecule has 2 rings (SSSR count). The molecule has 0 spiro atoms. The normalized spacial score (nSPS) is 24.6. The third-order valence-corrected chi connectivity index (χ3v) is 3.83. The van der Waals surface area contributed by atoms with Crippen LogP contribution in [0, 0.1) is 5.92 Å². The van der Waals surface area contributed by atoms with Crippen molar-refractivity contribution in [2.45, 2.75) is 45.1 Å². The molecular weight excluding hydrogens is 230 g/mol. The van der Waals surface area contributed by atoms with Crippen LogP contribution in [0.25, 0.3) is 0 Å². The molecule has 0 aliphatic heterocycles. The van der Waals surface area contributed by atoms with E-state index in [9.17, 15) is 4.79 Å². The number of esters is 1. The highest BCUT2D eigenvalue weighted by molar-refractivity contribution is 5.92. The molecule has 0 bridgehead atoms. The Morgan fingerprint density at radius 3 is 2.94 bits per heavy atom. The maximum Gasteiger partial charge on any atom is 0.360 e. The van der Waals surface area contributed by atoms with E-state index >= 15 is 0 Å². The summed E-state index contributed by atoms with van der Waals surface area (Å²) >= 11 is 0. The third kappa shape index (κ3) is 2.49. The van der Waals surface area contributed by atoms with Gasteiger partial charge in [-0.2, -0.15) is 0 Å². The molecule has 100 valence electrons. The predicted molar refractivity (Wildman–Crippen MR) is 69.3 cm³/mol. The average molecular weight is 251 g/mol. The van der Waals surface area contributed by atoms with Crippen molar-refractivity contribution >= 4 is 11.8 Å². The number of imidazole rings is 1. The van der Waals surface area contributed by atoms with Crippen molar-refractivity contribution in [1.82, 2.24) is 9.55 Å². The van der Waals surface area contributed by atoms with Gasteiger partial charge >= 0.3 is 5.97 Å². The van der Waals surface area contributed by atoms with Gasteiger partial charge in [-0.15, -0.1) is 0 Å². The molecule has 1 aromatic rings. The van der Waals surface area contributed by atoms with Crippen molar-refractivity contribution in [3.05, 3.63) is 12.0 Å². The summed E-state index contributed by atoms with van der Waals surface area (Å²) in [5.41, 5.74) is 6.23. The van der Waals surface area contributed by atoms with Crippen LogP contribution < -0.4 is 5.73 Å². The predicted octanol–water partition coefficient (Wildman–Crippen LogP) is 2.39. The molecule has 1 fully saturated rings. The number of carbonyl (C=O) groups excluding carboxylic acids is 1. The summed E-state index contributed by atoms with van der Waals surface area (Å²) in [6.45, 7) is 2.29. The minimum absolute atomic E-state index is 0.231. The van der Waals surface area contributed by atoms with Crippen LogP contribution in [0.5, 0.6) is 0 Å². The fourth-order valence-electron chi connectivity index (χ4n) is 2.66. The first-order valence-corrected chi connectivity index (χ1v) is 6.54. The Kier molecular flexibility index (Phi) is 3.89. The molecule has 2 N–H and O–H groups in total.